The van der Waals surface area contributed by atoms with E-state index in [1.54, 1.807) is 0 Å². The molecule has 0 amide bonds. The lowest BCUT2D eigenvalue weighted by Crippen LogP contribution is -2.22. The molecule has 0 aliphatic rings. The smallest absolute Gasteiger partial charge is 0.0274 e. The van der Waals surface area contributed by atoms with Crippen molar-refractivity contribution in [2.24, 2.45) is 5.73 Å². The number of aromatic nitrogens is 1. The summed E-state index contributed by atoms with van der Waals surface area (Å²) in [6.07, 6.45) is 3.71. The second kappa shape index (κ2) is 6.80. The van der Waals surface area contributed by atoms with Crippen molar-refractivity contribution < 1.29 is 0 Å². The van der Waals surface area contributed by atoms with Crippen molar-refractivity contribution in [3.05, 3.63) is 51.5 Å². The van der Waals surface area contributed by atoms with Crippen molar-refractivity contribution in [1.29, 1.82) is 0 Å². The molecule has 0 radical (unpaired) electrons. The lowest BCUT2D eigenvalue weighted by molar-refractivity contribution is 0.271. The van der Waals surface area contributed by atoms with Crippen LogP contribution in [-0.4, -0.2) is 16.4 Å². The molecule has 3 nitrogen and oxygen atoms in total. The van der Waals surface area contributed by atoms with Crippen LogP contribution in [0, 0.1) is 6.92 Å². The third-order valence-electron chi connectivity index (χ3n) is 3.27. The van der Waals surface area contributed by atoms with Crippen LogP contribution in [0.3, 0.4) is 0 Å². The van der Waals surface area contributed by atoms with Gasteiger partial charge in [-0.05, 0) is 42.8 Å². The minimum absolute atomic E-state index is 0.641. The van der Waals surface area contributed by atoms with Gasteiger partial charge in [-0.25, -0.2) is 0 Å². The average molecular weight is 275 g/mol. The van der Waals surface area contributed by atoms with Crippen molar-refractivity contribution in [3.8, 4) is 0 Å². The van der Waals surface area contributed by atoms with E-state index in [2.05, 4.69) is 41.9 Å². The lowest BCUT2D eigenvalue weighted by Gasteiger charge is -2.20. The van der Waals surface area contributed by atoms with Crippen LogP contribution in [-0.2, 0) is 19.6 Å². The Hall–Kier alpha value is -1.23. The summed E-state index contributed by atoms with van der Waals surface area (Å²) in [5.74, 6) is 0. The van der Waals surface area contributed by atoms with Crippen molar-refractivity contribution in [1.82, 2.24) is 9.88 Å². The van der Waals surface area contributed by atoms with E-state index in [9.17, 15) is 0 Å². The van der Waals surface area contributed by atoms with Crippen LogP contribution in [0.5, 0.6) is 0 Å². The number of thiophene rings is 1. The minimum atomic E-state index is 0.641. The minimum Gasteiger partial charge on any atom is -0.326 e. The Bertz CT molecular complexity index is 507. The fourth-order valence-electron chi connectivity index (χ4n) is 2.11. The van der Waals surface area contributed by atoms with Gasteiger partial charge in [-0.15, -0.1) is 11.3 Å². The Balaban J connectivity index is 2.04. The van der Waals surface area contributed by atoms with Gasteiger partial charge in [-0.3, -0.25) is 9.88 Å². The molecule has 2 aromatic heterocycles. The number of hydrogen-bond donors (Lipinski definition) is 1. The Morgan fingerprint density at radius 2 is 2.00 bits per heavy atom. The molecular formula is C15H21N3S. The van der Waals surface area contributed by atoms with Crippen molar-refractivity contribution in [2.45, 2.75) is 33.5 Å². The van der Waals surface area contributed by atoms with E-state index in [1.807, 2.05) is 23.7 Å². The topological polar surface area (TPSA) is 42.2 Å². The van der Waals surface area contributed by atoms with Gasteiger partial charge >= 0.3 is 0 Å². The molecule has 102 valence electrons. The number of rotatable bonds is 6. The molecule has 0 aliphatic carbocycles. The second-order valence-corrected chi connectivity index (χ2v) is 6.00. The number of aryl methyl sites for hydroxylation is 1. The van der Waals surface area contributed by atoms with Gasteiger partial charge in [0.25, 0.3) is 0 Å². The molecule has 2 N–H and O–H groups in total. The van der Waals surface area contributed by atoms with Gasteiger partial charge < -0.3 is 5.73 Å². The van der Waals surface area contributed by atoms with Gasteiger partial charge in [0, 0.05) is 41.8 Å². The predicted octanol–water partition coefficient (Wildman–Crippen LogP) is 2.93. The van der Waals surface area contributed by atoms with E-state index < -0.39 is 0 Å². The molecule has 2 rings (SSSR count). The van der Waals surface area contributed by atoms with Crippen molar-refractivity contribution >= 4 is 11.3 Å². The summed E-state index contributed by atoms with van der Waals surface area (Å²) in [5.41, 5.74) is 8.42. The number of nitrogens with two attached hydrogens (primary N) is 1. The maximum atomic E-state index is 5.71. The molecule has 2 heterocycles. The van der Waals surface area contributed by atoms with Crippen LogP contribution in [0.15, 0.2) is 30.6 Å². The second-order valence-electron chi connectivity index (χ2n) is 4.66. The standard InChI is InChI=1S/C15H21N3S/c1-3-18(10-13-4-6-17-7-5-13)11-14-8-15(9-16)19-12(14)2/h4-8H,3,9-11,16H2,1-2H3. The number of pyridine rings is 1. The van der Waals surface area contributed by atoms with E-state index >= 15 is 0 Å². The average Bonchev–Trinajstić information content (AvgIpc) is 2.80. The summed E-state index contributed by atoms with van der Waals surface area (Å²) in [6, 6.07) is 6.40. The zero-order chi connectivity index (χ0) is 13.7. The van der Waals surface area contributed by atoms with E-state index in [-0.39, 0.29) is 0 Å². The number of nitrogens with zero attached hydrogens (tertiary/aromatic N) is 2. The molecule has 2 aromatic rings. The zero-order valence-corrected chi connectivity index (χ0v) is 12.4. The highest BCUT2D eigenvalue weighted by Gasteiger charge is 2.09. The molecule has 4 heteroatoms. The Morgan fingerprint density at radius 3 is 2.58 bits per heavy atom. The lowest BCUT2D eigenvalue weighted by atomic mass is 10.2. The first-order valence-electron chi connectivity index (χ1n) is 6.62. The fraction of sp³-hybridized carbons (Fsp3) is 0.400. The highest BCUT2D eigenvalue weighted by atomic mass is 32.1. The van der Waals surface area contributed by atoms with Gasteiger partial charge in [0.1, 0.15) is 0 Å². The summed E-state index contributed by atoms with van der Waals surface area (Å²) in [6.45, 7) is 8.01. The highest BCUT2D eigenvalue weighted by molar-refractivity contribution is 7.12. The molecular weight excluding hydrogens is 254 g/mol. The Kier molecular flexibility index (Phi) is 5.07. The molecule has 0 unspecified atom stereocenters. The molecule has 0 aliphatic heterocycles. The summed E-state index contributed by atoms with van der Waals surface area (Å²) < 4.78 is 0. The van der Waals surface area contributed by atoms with E-state index in [0.717, 1.165) is 19.6 Å². The van der Waals surface area contributed by atoms with Crippen LogP contribution in [0.1, 0.15) is 27.8 Å². The third-order valence-corrected chi connectivity index (χ3v) is 4.38. The van der Waals surface area contributed by atoms with Crippen LogP contribution >= 0.6 is 11.3 Å². The summed E-state index contributed by atoms with van der Waals surface area (Å²) in [7, 11) is 0. The van der Waals surface area contributed by atoms with Gasteiger partial charge in [0.05, 0.1) is 0 Å². The zero-order valence-electron chi connectivity index (χ0n) is 11.6. The molecule has 0 spiro atoms. The van der Waals surface area contributed by atoms with Gasteiger partial charge in [0.15, 0.2) is 0 Å². The Labute approximate surface area is 119 Å². The molecule has 19 heavy (non-hydrogen) atoms. The predicted molar refractivity (Wildman–Crippen MR) is 81.0 cm³/mol. The summed E-state index contributed by atoms with van der Waals surface area (Å²) >= 11 is 1.81. The van der Waals surface area contributed by atoms with E-state index in [4.69, 9.17) is 5.73 Å². The Morgan fingerprint density at radius 1 is 1.26 bits per heavy atom. The van der Waals surface area contributed by atoms with Gasteiger partial charge in [0.2, 0.25) is 0 Å². The summed E-state index contributed by atoms with van der Waals surface area (Å²) in [5, 5.41) is 0. The normalized spacial score (nSPS) is 11.2. The van der Waals surface area contributed by atoms with E-state index in [1.165, 1.54) is 20.9 Å². The van der Waals surface area contributed by atoms with Crippen LogP contribution in [0.25, 0.3) is 0 Å². The quantitative estimate of drug-likeness (QED) is 0.881. The van der Waals surface area contributed by atoms with Crippen molar-refractivity contribution in [3.63, 3.8) is 0 Å². The molecule has 0 bridgehead atoms. The first-order chi connectivity index (χ1) is 9.22. The van der Waals surface area contributed by atoms with Gasteiger partial charge in [-0.1, -0.05) is 6.92 Å². The molecule has 0 saturated carbocycles. The summed E-state index contributed by atoms with van der Waals surface area (Å²) in [4.78, 5) is 9.15. The van der Waals surface area contributed by atoms with Crippen molar-refractivity contribution in [2.75, 3.05) is 6.54 Å². The van der Waals surface area contributed by atoms with Crippen LogP contribution in [0.2, 0.25) is 0 Å². The highest BCUT2D eigenvalue weighted by Crippen LogP contribution is 2.23. The molecule has 0 atom stereocenters. The molecule has 0 aromatic carbocycles. The van der Waals surface area contributed by atoms with Gasteiger partial charge in [-0.2, -0.15) is 0 Å². The first kappa shape index (κ1) is 14.2. The monoisotopic (exact) mass is 275 g/mol. The SMILES string of the molecule is CCN(Cc1ccncc1)Cc1cc(CN)sc1C. The first-order valence-corrected chi connectivity index (χ1v) is 7.44. The molecule has 0 saturated heterocycles. The maximum absolute atomic E-state index is 5.71. The largest absolute Gasteiger partial charge is 0.326 e. The fourth-order valence-corrected chi connectivity index (χ4v) is 3.04. The number of hydrogen-bond acceptors (Lipinski definition) is 4. The van der Waals surface area contributed by atoms with Crippen LogP contribution in [0.4, 0.5) is 0 Å². The van der Waals surface area contributed by atoms with Crippen LogP contribution < -0.4 is 5.73 Å². The molecule has 0 fully saturated rings. The maximum Gasteiger partial charge on any atom is 0.0274 e. The van der Waals surface area contributed by atoms with E-state index in [0.29, 0.717) is 6.54 Å². The third kappa shape index (κ3) is 3.86.